The van der Waals surface area contributed by atoms with Crippen LogP contribution in [0, 0.1) is 13.8 Å². The van der Waals surface area contributed by atoms with Gasteiger partial charge >= 0.3 is 0 Å². The number of ether oxygens (including phenoxy) is 1. The van der Waals surface area contributed by atoms with Gasteiger partial charge < -0.3 is 14.7 Å². The number of rotatable bonds is 5. The van der Waals surface area contributed by atoms with Crippen molar-refractivity contribution in [3.63, 3.8) is 0 Å². The zero-order valence-corrected chi connectivity index (χ0v) is 12.8. The molecule has 0 spiro atoms. The number of aliphatic hydroxyl groups excluding tert-OH is 1. The summed E-state index contributed by atoms with van der Waals surface area (Å²) in [7, 11) is 2.14. The Balaban J connectivity index is 1.74. The summed E-state index contributed by atoms with van der Waals surface area (Å²) in [6.45, 7) is 9.40. The van der Waals surface area contributed by atoms with Crippen LogP contribution in [0.5, 0.6) is 5.75 Å². The van der Waals surface area contributed by atoms with Gasteiger partial charge in [0, 0.05) is 32.7 Å². The molecule has 1 fully saturated rings. The second-order valence-electron chi connectivity index (χ2n) is 5.81. The first-order valence-corrected chi connectivity index (χ1v) is 7.33. The van der Waals surface area contributed by atoms with E-state index < -0.39 is 6.10 Å². The molecule has 1 N–H and O–H groups in total. The Morgan fingerprint density at radius 3 is 2.50 bits per heavy atom. The third-order valence-electron chi connectivity index (χ3n) is 3.99. The number of piperazine rings is 1. The molecule has 20 heavy (non-hydrogen) atoms. The monoisotopic (exact) mass is 278 g/mol. The van der Waals surface area contributed by atoms with E-state index in [1.54, 1.807) is 0 Å². The number of hydrogen-bond acceptors (Lipinski definition) is 4. The van der Waals surface area contributed by atoms with E-state index in [-0.39, 0.29) is 0 Å². The summed E-state index contributed by atoms with van der Waals surface area (Å²) in [6, 6.07) is 6.04. The van der Waals surface area contributed by atoms with Crippen LogP contribution in [0.4, 0.5) is 0 Å². The molecule has 4 heteroatoms. The first-order chi connectivity index (χ1) is 9.54. The Morgan fingerprint density at radius 1 is 1.15 bits per heavy atom. The topological polar surface area (TPSA) is 35.9 Å². The molecule has 1 aromatic carbocycles. The van der Waals surface area contributed by atoms with Crippen molar-refractivity contribution in [2.24, 2.45) is 0 Å². The molecule has 1 atom stereocenters. The van der Waals surface area contributed by atoms with Gasteiger partial charge in [0.15, 0.2) is 0 Å². The summed E-state index contributed by atoms with van der Waals surface area (Å²) in [5.41, 5.74) is 2.48. The van der Waals surface area contributed by atoms with Crippen molar-refractivity contribution in [3.05, 3.63) is 29.3 Å². The zero-order chi connectivity index (χ0) is 14.5. The third kappa shape index (κ3) is 4.47. The van der Waals surface area contributed by atoms with Crippen molar-refractivity contribution in [1.82, 2.24) is 9.80 Å². The van der Waals surface area contributed by atoms with Crippen LogP contribution in [-0.4, -0.2) is 67.4 Å². The Bertz CT molecular complexity index is 428. The number of aliphatic hydroxyl groups is 1. The average molecular weight is 278 g/mol. The van der Waals surface area contributed by atoms with Crippen LogP contribution < -0.4 is 4.74 Å². The van der Waals surface area contributed by atoms with Gasteiger partial charge in [0.05, 0.1) is 0 Å². The van der Waals surface area contributed by atoms with Crippen molar-refractivity contribution in [2.75, 3.05) is 46.4 Å². The van der Waals surface area contributed by atoms with E-state index >= 15 is 0 Å². The maximum absolute atomic E-state index is 10.1. The summed E-state index contributed by atoms with van der Waals surface area (Å²) in [6.07, 6.45) is -0.431. The van der Waals surface area contributed by atoms with Gasteiger partial charge in [-0.2, -0.15) is 0 Å². The predicted molar refractivity (Wildman–Crippen MR) is 81.4 cm³/mol. The van der Waals surface area contributed by atoms with Crippen molar-refractivity contribution >= 4 is 0 Å². The van der Waals surface area contributed by atoms with Crippen LogP contribution in [-0.2, 0) is 0 Å². The van der Waals surface area contributed by atoms with E-state index in [9.17, 15) is 5.11 Å². The molecule has 0 saturated carbocycles. The number of β-amino-alcohol motifs (C(OH)–C–C–N with tert-alkyl or cyclic N) is 1. The number of aryl methyl sites for hydroxylation is 2. The van der Waals surface area contributed by atoms with E-state index in [0.29, 0.717) is 13.2 Å². The van der Waals surface area contributed by atoms with Gasteiger partial charge in [0.2, 0.25) is 0 Å². The lowest BCUT2D eigenvalue weighted by Crippen LogP contribution is -2.47. The zero-order valence-electron chi connectivity index (χ0n) is 12.8. The van der Waals surface area contributed by atoms with Gasteiger partial charge in [-0.15, -0.1) is 0 Å². The molecular weight excluding hydrogens is 252 g/mol. The van der Waals surface area contributed by atoms with Gasteiger partial charge in [-0.05, 0) is 44.2 Å². The van der Waals surface area contributed by atoms with Gasteiger partial charge in [-0.25, -0.2) is 0 Å². The van der Waals surface area contributed by atoms with Crippen LogP contribution in [0.1, 0.15) is 11.1 Å². The Morgan fingerprint density at radius 2 is 1.85 bits per heavy atom. The molecule has 0 amide bonds. The molecule has 0 aliphatic carbocycles. The SMILES string of the molecule is Cc1ccc(OCC(O)CN2CCN(C)CC2)cc1C. The van der Waals surface area contributed by atoms with Crippen molar-refractivity contribution in [2.45, 2.75) is 20.0 Å². The lowest BCUT2D eigenvalue weighted by molar-refractivity contribution is 0.0504. The number of nitrogens with zero attached hydrogens (tertiary/aromatic N) is 2. The molecular formula is C16H26N2O2. The second kappa shape index (κ2) is 7.07. The normalized spacial score (nSPS) is 19.0. The molecule has 4 nitrogen and oxygen atoms in total. The van der Waals surface area contributed by atoms with E-state index in [4.69, 9.17) is 4.74 Å². The van der Waals surface area contributed by atoms with Crippen molar-refractivity contribution < 1.29 is 9.84 Å². The van der Waals surface area contributed by atoms with Crippen LogP contribution in [0.25, 0.3) is 0 Å². The highest BCUT2D eigenvalue weighted by Gasteiger charge is 2.17. The van der Waals surface area contributed by atoms with Gasteiger partial charge in [0.25, 0.3) is 0 Å². The molecule has 1 heterocycles. The first kappa shape index (κ1) is 15.3. The minimum absolute atomic E-state index is 0.356. The molecule has 0 bridgehead atoms. The summed E-state index contributed by atoms with van der Waals surface area (Å²) >= 11 is 0. The summed E-state index contributed by atoms with van der Waals surface area (Å²) in [5, 5.41) is 10.1. The number of benzene rings is 1. The summed E-state index contributed by atoms with van der Waals surface area (Å²) < 4.78 is 5.68. The van der Waals surface area contributed by atoms with Crippen LogP contribution >= 0.6 is 0 Å². The van der Waals surface area contributed by atoms with Crippen molar-refractivity contribution in [1.29, 1.82) is 0 Å². The second-order valence-corrected chi connectivity index (χ2v) is 5.81. The maximum atomic E-state index is 10.1. The lowest BCUT2D eigenvalue weighted by atomic mass is 10.1. The molecule has 0 radical (unpaired) electrons. The average Bonchev–Trinajstić information content (AvgIpc) is 2.43. The number of likely N-dealkylation sites (N-methyl/N-ethyl adjacent to an activating group) is 1. The van der Waals surface area contributed by atoms with E-state index in [0.717, 1.165) is 31.9 Å². The molecule has 0 aromatic heterocycles. The largest absolute Gasteiger partial charge is 0.491 e. The highest BCUT2D eigenvalue weighted by atomic mass is 16.5. The quantitative estimate of drug-likeness (QED) is 0.880. The molecule has 1 aliphatic heterocycles. The molecule has 1 aromatic rings. The van der Waals surface area contributed by atoms with E-state index in [1.807, 2.05) is 12.1 Å². The van der Waals surface area contributed by atoms with E-state index in [1.165, 1.54) is 11.1 Å². The standard InChI is InChI=1S/C16H26N2O2/c1-13-4-5-16(10-14(13)2)20-12-15(19)11-18-8-6-17(3)7-9-18/h4-5,10,15,19H,6-9,11-12H2,1-3H3. The van der Waals surface area contributed by atoms with Crippen molar-refractivity contribution in [3.8, 4) is 5.75 Å². The molecule has 1 saturated heterocycles. The maximum Gasteiger partial charge on any atom is 0.119 e. The Kier molecular flexibility index (Phi) is 5.40. The minimum Gasteiger partial charge on any atom is -0.491 e. The van der Waals surface area contributed by atoms with Crippen LogP contribution in [0.3, 0.4) is 0 Å². The van der Waals surface area contributed by atoms with Crippen LogP contribution in [0.2, 0.25) is 0 Å². The highest BCUT2D eigenvalue weighted by Crippen LogP contribution is 2.16. The van der Waals surface area contributed by atoms with Gasteiger partial charge in [-0.3, -0.25) is 4.90 Å². The first-order valence-electron chi connectivity index (χ1n) is 7.33. The fraction of sp³-hybridized carbons (Fsp3) is 0.625. The Hall–Kier alpha value is -1.10. The third-order valence-corrected chi connectivity index (χ3v) is 3.99. The molecule has 2 rings (SSSR count). The fourth-order valence-corrected chi connectivity index (χ4v) is 2.38. The minimum atomic E-state index is -0.431. The summed E-state index contributed by atoms with van der Waals surface area (Å²) in [4.78, 5) is 4.61. The van der Waals surface area contributed by atoms with Gasteiger partial charge in [-0.1, -0.05) is 6.07 Å². The molecule has 1 aliphatic rings. The lowest BCUT2D eigenvalue weighted by Gasteiger charge is -2.33. The molecule has 1 unspecified atom stereocenters. The Labute approximate surface area is 122 Å². The smallest absolute Gasteiger partial charge is 0.119 e. The summed E-state index contributed by atoms with van der Waals surface area (Å²) in [5.74, 6) is 0.838. The van der Waals surface area contributed by atoms with Crippen LogP contribution in [0.15, 0.2) is 18.2 Å². The van der Waals surface area contributed by atoms with E-state index in [2.05, 4.69) is 36.8 Å². The number of hydrogen-bond donors (Lipinski definition) is 1. The van der Waals surface area contributed by atoms with Gasteiger partial charge in [0.1, 0.15) is 18.5 Å². The molecule has 112 valence electrons. The predicted octanol–water partition coefficient (Wildman–Crippen LogP) is 1.29. The fourth-order valence-electron chi connectivity index (χ4n) is 2.38. The highest BCUT2D eigenvalue weighted by molar-refractivity contribution is 5.33.